The minimum atomic E-state index is -1.31. The van der Waals surface area contributed by atoms with E-state index >= 15 is 0 Å². The number of nitrogens with one attached hydrogen (secondary N) is 3. The van der Waals surface area contributed by atoms with Gasteiger partial charge in [0.05, 0.1) is 65.0 Å². The van der Waals surface area contributed by atoms with Gasteiger partial charge < -0.3 is 62.9 Å². The topological polar surface area (TPSA) is 360 Å². The molecule has 0 saturated carbocycles. The molecular formula is C52H52N12O11. The molecule has 386 valence electrons. The minimum absolute atomic E-state index is 0.0643. The van der Waals surface area contributed by atoms with Gasteiger partial charge in [0.25, 0.3) is 23.4 Å². The molecule has 0 radical (unpaired) electrons. The Hall–Kier alpha value is -9.16. The van der Waals surface area contributed by atoms with E-state index < -0.39 is 28.6 Å². The van der Waals surface area contributed by atoms with Crippen molar-refractivity contribution in [2.45, 2.75) is 25.7 Å². The summed E-state index contributed by atoms with van der Waals surface area (Å²) in [6.07, 6.45) is 1.93. The maximum absolute atomic E-state index is 14.5. The van der Waals surface area contributed by atoms with Crippen LogP contribution in [0.1, 0.15) is 67.6 Å². The number of para-hydroxylation sites is 4. The van der Waals surface area contributed by atoms with Gasteiger partial charge in [-0.05, 0) is 94.3 Å². The number of aromatic nitrogens is 4. The number of rotatable bonds is 24. The van der Waals surface area contributed by atoms with E-state index in [4.69, 9.17) is 51.9 Å². The summed E-state index contributed by atoms with van der Waals surface area (Å²) in [7, 11) is 0. The van der Waals surface area contributed by atoms with E-state index in [1.54, 1.807) is 60.7 Å². The molecule has 0 bridgehead atoms. The number of non-ortho nitro benzene ring substituents is 1. The Labute approximate surface area is 427 Å². The van der Waals surface area contributed by atoms with Gasteiger partial charge >= 0.3 is 5.97 Å². The summed E-state index contributed by atoms with van der Waals surface area (Å²) in [6.45, 7) is 2.06. The van der Waals surface area contributed by atoms with Gasteiger partial charge in [0.2, 0.25) is 0 Å². The number of hydrogen-bond donors (Lipinski definition) is 8. The lowest BCUT2D eigenvalue weighted by Gasteiger charge is -2.16. The second-order valence-electron chi connectivity index (χ2n) is 16.7. The number of hydrogen-bond acceptors (Lipinski definition) is 18. The third kappa shape index (κ3) is 11.9. The highest BCUT2D eigenvalue weighted by Gasteiger charge is 2.24. The Morgan fingerprint density at radius 3 is 1.08 bits per heavy atom. The minimum Gasteiger partial charge on any atom is -0.493 e. The lowest BCUT2D eigenvalue weighted by molar-refractivity contribution is -0.383. The molecular weight excluding hydrogens is 969 g/mol. The average Bonchev–Trinajstić information content (AvgIpc) is 3.41. The van der Waals surface area contributed by atoms with Crippen molar-refractivity contribution in [3.8, 4) is 23.0 Å². The van der Waals surface area contributed by atoms with Crippen molar-refractivity contribution in [3.05, 3.63) is 130 Å². The number of carbonyl (C=O) groups is 4. The second-order valence-corrected chi connectivity index (χ2v) is 16.7. The van der Waals surface area contributed by atoms with Crippen LogP contribution in [0.3, 0.4) is 0 Å². The Kier molecular flexibility index (Phi) is 16.7. The van der Waals surface area contributed by atoms with Gasteiger partial charge in [-0.25, -0.2) is 24.7 Å². The van der Waals surface area contributed by atoms with Gasteiger partial charge in [0, 0.05) is 51.9 Å². The monoisotopic (exact) mass is 1020 g/mol. The zero-order chi connectivity index (χ0) is 53.0. The molecule has 4 aromatic carbocycles. The van der Waals surface area contributed by atoms with E-state index in [0.717, 1.165) is 0 Å². The molecule has 0 aliphatic carbocycles. The molecule has 0 atom stereocenters. The first-order chi connectivity index (χ1) is 36.4. The first kappa shape index (κ1) is 52.2. The summed E-state index contributed by atoms with van der Waals surface area (Å²) in [5.74, 6) is -2.61. The number of benzene rings is 4. The van der Waals surface area contributed by atoms with E-state index in [1.807, 2.05) is 0 Å². The molecule has 0 spiro atoms. The molecule has 4 heterocycles. The Morgan fingerprint density at radius 2 is 0.760 bits per heavy atom. The molecule has 75 heavy (non-hydrogen) atoms. The van der Waals surface area contributed by atoms with Crippen LogP contribution in [0.5, 0.6) is 23.0 Å². The number of carboxylic acids is 1. The largest absolute Gasteiger partial charge is 0.493 e. The third-order valence-electron chi connectivity index (χ3n) is 11.5. The summed E-state index contributed by atoms with van der Waals surface area (Å²) in [4.78, 5) is 84.7. The lowest BCUT2D eigenvalue weighted by Crippen LogP contribution is -2.18. The number of nitro benzene ring substituents is 1. The van der Waals surface area contributed by atoms with E-state index in [-0.39, 0.29) is 117 Å². The number of ether oxygens (including phenoxy) is 4. The van der Waals surface area contributed by atoms with Crippen molar-refractivity contribution in [2.24, 2.45) is 22.9 Å². The number of aromatic carboxylic acids is 1. The SMILES string of the molecule is NCCCOc1cc(C(=O)O)nc2c(NC(=O)c3cc(OCCCN)c4cccc(NC(=O)c5cc(OCCCN)c6cccc(NC(=O)c7cc(OCCCN)c8cccc([N+](=O)[O-])c8n7)c6n5)c4n3)cccc12. The van der Waals surface area contributed by atoms with E-state index in [0.29, 0.717) is 73.4 Å². The lowest BCUT2D eigenvalue weighted by atomic mass is 10.1. The molecule has 23 heteroatoms. The fourth-order valence-electron chi connectivity index (χ4n) is 7.86. The van der Waals surface area contributed by atoms with Crippen LogP contribution >= 0.6 is 0 Å². The number of amides is 3. The van der Waals surface area contributed by atoms with Crippen molar-refractivity contribution in [2.75, 3.05) is 68.6 Å². The zero-order valence-electron chi connectivity index (χ0n) is 40.3. The molecule has 0 saturated heterocycles. The average molecular weight is 1020 g/mol. The fraction of sp³-hybridized carbons (Fsp3) is 0.231. The van der Waals surface area contributed by atoms with Gasteiger partial charge in [-0.15, -0.1) is 0 Å². The van der Waals surface area contributed by atoms with E-state index in [9.17, 15) is 34.4 Å². The van der Waals surface area contributed by atoms with Crippen LogP contribution in [0, 0.1) is 10.1 Å². The number of carboxylic acid groups (broad SMARTS) is 1. The van der Waals surface area contributed by atoms with E-state index in [2.05, 4.69) is 25.9 Å². The number of nitrogens with zero attached hydrogens (tertiary/aromatic N) is 5. The molecule has 3 amide bonds. The maximum Gasteiger partial charge on any atom is 0.354 e. The Morgan fingerprint density at radius 1 is 0.467 bits per heavy atom. The number of nitro groups is 1. The summed E-state index contributed by atoms with van der Waals surface area (Å²) in [6, 6.07) is 24.7. The first-order valence-electron chi connectivity index (χ1n) is 23.8. The summed E-state index contributed by atoms with van der Waals surface area (Å²) in [5, 5.41) is 32.1. The van der Waals surface area contributed by atoms with Crippen LogP contribution in [0.4, 0.5) is 22.7 Å². The van der Waals surface area contributed by atoms with Crippen molar-refractivity contribution in [1.29, 1.82) is 0 Å². The highest BCUT2D eigenvalue weighted by molar-refractivity contribution is 6.14. The maximum atomic E-state index is 14.5. The summed E-state index contributed by atoms with van der Waals surface area (Å²) >= 11 is 0. The fourth-order valence-corrected chi connectivity index (χ4v) is 7.86. The molecule has 0 aliphatic rings. The number of anilines is 3. The molecule has 8 rings (SSSR count). The highest BCUT2D eigenvalue weighted by atomic mass is 16.6. The molecule has 23 nitrogen and oxygen atoms in total. The standard InChI is InChI=1S/C52H52N12O11/c53-17-5-21-72-41-25-36(57-46-30(41)10-2-14-34(46)62-51(67)38-27-43(74-23-7-19-55)32-12-4-16-40(64(70)71)48(32)59-38)49(65)61-33-13-1-9-29-42(73-22-6-18-54)26-37(58-45(29)33)50(66)63-35-15-3-11-31-44(75-24-8-20-56)28-39(52(68)69)60-47(31)35/h1-4,9-16,25-28H,5-8,17-24,53-56H2,(H,61,65)(H,62,67)(H,63,66)(H,68,69). The second kappa shape index (κ2) is 24.0. The van der Waals surface area contributed by atoms with Crippen molar-refractivity contribution >= 4 is 90.1 Å². The van der Waals surface area contributed by atoms with Crippen LogP contribution in [0.2, 0.25) is 0 Å². The van der Waals surface area contributed by atoms with Gasteiger partial charge in [0.15, 0.2) is 11.2 Å². The smallest absolute Gasteiger partial charge is 0.354 e. The van der Waals surface area contributed by atoms with Gasteiger partial charge in [0.1, 0.15) is 40.1 Å². The summed E-state index contributed by atoms with van der Waals surface area (Å²) < 4.78 is 24.1. The van der Waals surface area contributed by atoms with E-state index in [1.165, 1.54) is 36.4 Å². The normalized spacial score (nSPS) is 11.1. The number of carbonyl (C=O) groups excluding carboxylic acids is 3. The van der Waals surface area contributed by atoms with Crippen LogP contribution in [-0.2, 0) is 0 Å². The Bertz CT molecular complexity index is 3490. The van der Waals surface area contributed by atoms with Crippen LogP contribution in [0.15, 0.2) is 97.1 Å². The predicted octanol–water partition coefficient (Wildman–Crippen LogP) is 6.15. The number of fused-ring (bicyclic) bond motifs is 4. The Balaban J connectivity index is 1.16. The molecule has 0 unspecified atom stereocenters. The van der Waals surface area contributed by atoms with Crippen LogP contribution < -0.4 is 57.8 Å². The quantitative estimate of drug-likeness (QED) is 0.0191. The molecule has 4 aromatic heterocycles. The van der Waals surface area contributed by atoms with Gasteiger partial charge in [-0.2, -0.15) is 0 Å². The third-order valence-corrected chi connectivity index (χ3v) is 11.5. The highest BCUT2D eigenvalue weighted by Crippen LogP contribution is 2.36. The van der Waals surface area contributed by atoms with Crippen LogP contribution in [0.25, 0.3) is 43.6 Å². The number of nitrogens with two attached hydrogens (primary N) is 4. The molecule has 8 aromatic rings. The first-order valence-corrected chi connectivity index (χ1v) is 23.8. The summed E-state index contributed by atoms with van der Waals surface area (Å²) in [5.41, 5.74) is 22.6. The van der Waals surface area contributed by atoms with Crippen LogP contribution in [-0.4, -0.2) is 106 Å². The van der Waals surface area contributed by atoms with Crippen molar-refractivity contribution in [1.82, 2.24) is 19.9 Å². The van der Waals surface area contributed by atoms with Crippen molar-refractivity contribution in [3.63, 3.8) is 0 Å². The zero-order valence-corrected chi connectivity index (χ0v) is 40.3. The predicted molar refractivity (Wildman–Crippen MR) is 281 cm³/mol. The van der Waals surface area contributed by atoms with Crippen molar-refractivity contribution < 1.29 is 48.2 Å². The molecule has 0 fully saturated rings. The molecule has 12 N–H and O–H groups in total. The van der Waals surface area contributed by atoms with Gasteiger partial charge in [-0.1, -0.05) is 24.3 Å². The van der Waals surface area contributed by atoms with Gasteiger partial charge in [-0.3, -0.25) is 24.5 Å². The number of pyridine rings is 4. The molecule has 0 aliphatic heterocycles.